The van der Waals surface area contributed by atoms with E-state index in [0.717, 1.165) is 6.42 Å². The zero-order valence-corrected chi connectivity index (χ0v) is 8.51. The van der Waals surface area contributed by atoms with Gasteiger partial charge in [0, 0.05) is 0 Å². The molecular formula is C11H14O4. The molecule has 15 heavy (non-hydrogen) atoms. The van der Waals surface area contributed by atoms with Gasteiger partial charge >= 0.3 is 5.97 Å². The van der Waals surface area contributed by atoms with Crippen LogP contribution < -0.4 is 4.74 Å². The molecule has 0 radical (unpaired) electrons. The van der Waals surface area contributed by atoms with E-state index in [2.05, 4.69) is 0 Å². The number of carboxylic acid groups (broad SMARTS) is 1. The molecule has 0 unspecified atom stereocenters. The third-order valence-corrected chi connectivity index (χ3v) is 1.90. The molecule has 0 aromatic heterocycles. The first-order chi connectivity index (χ1) is 7.15. The maximum Gasteiger partial charge on any atom is 0.337 e. The summed E-state index contributed by atoms with van der Waals surface area (Å²) in [5.74, 6) is -0.574. The Bertz CT molecular complexity index is 318. The number of benzene rings is 1. The van der Waals surface area contributed by atoms with E-state index in [1.54, 1.807) is 24.3 Å². The molecule has 0 spiro atoms. The highest BCUT2D eigenvalue weighted by Crippen LogP contribution is 2.17. The van der Waals surface area contributed by atoms with E-state index in [1.807, 2.05) is 6.92 Å². The van der Waals surface area contributed by atoms with Crippen molar-refractivity contribution in [2.24, 2.45) is 0 Å². The summed E-state index contributed by atoms with van der Waals surface area (Å²) in [5.41, 5.74) is 0.353. The maximum absolute atomic E-state index is 10.5. The number of hydrogen-bond donors (Lipinski definition) is 2. The van der Waals surface area contributed by atoms with Crippen molar-refractivity contribution in [2.75, 3.05) is 6.61 Å². The van der Waals surface area contributed by atoms with E-state index in [0.29, 0.717) is 17.9 Å². The Morgan fingerprint density at radius 1 is 1.40 bits per heavy atom. The molecule has 0 bridgehead atoms. The summed E-state index contributed by atoms with van der Waals surface area (Å²) in [5, 5.41) is 17.8. The van der Waals surface area contributed by atoms with Crippen molar-refractivity contribution in [3.8, 4) is 5.75 Å². The lowest BCUT2D eigenvalue weighted by atomic mass is 10.1. The van der Waals surface area contributed by atoms with Gasteiger partial charge < -0.3 is 14.9 Å². The molecule has 1 rings (SSSR count). The molecule has 4 heteroatoms. The summed E-state index contributed by atoms with van der Waals surface area (Å²) < 4.78 is 5.32. The quantitative estimate of drug-likeness (QED) is 0.774. The van der Waals surface area contributed by atoms with Crippen LogP contribution in [0.15, 0.2) is 24.3 Å². The Balaban J connectivity index is 2.67. The summed E-state index contributed by atoms with van der Waals surface area (Å²) in [7, 11) is 0. The van der Waals surface area contributed by atoms with Gasteiger partial charge in [-0.15, -0.1) is 0 Å². The average molecular weight is 210 g/mol. The summed E-state index contributed by atoms with van der Waals surface area (Å²) in [6.45, 7) is 2.63. The zero-order chi connectivity index (χ0) is 11.3. The first-order valence-corrected chi connectivity index (χ1v) is 4.78. The van der Waals surface area contributed by atoms with Crippen LogP contribution in [0, 0.1) is 0 Å². The van der Waals surface area contributed by atoms with Gasteiger partial charge in [0.1, 0.15) is 5.75 Å². The standard InChI is InChI=1S/C11H14O4/c1-2-7-15-9-5-3-8(4-6-9)10(12)11(13)14/h3-6,10,12H,2,7H2,1H3,(H,13,14)/t10-/m1/s1. The van der Waals surface area contributed by atoms with E-state index < -0.39 is 12.1 Å². The molecule has 4 nitrogen and oxygen atoms in total. The highest BCUT2D eigenvalue weighted by molar-refractivity contribution is 5.74. The molecule has 0 amide bonds. The molecule has 0 aliphatic carbocycles. The van der Waals surface area contributed by atoms with Gasteiger partial charge in [-0.25, -0.2) is 4.79 Å². The van der Waals surface area contributed by atoms with Crippen molar-refractivity contribution in [3.63, 3.8) is 0 Å². The number of aliphatic carboxylic acids is 1. The number of aliphatic hydroxyl groups excluding tert-OH is 1. The van der Waals surface area contributed by atoms with Gasteiger partial charge in [-0.05, 0) is 24.1 Å². The van der Waals surface area contributed by atoms with Crippen LogP contribution in [-0.2, 0) is 4.79 Å². The molecule has 82 valence electrons. The Morgan fingerprint density at radius 2 is 2.00 bits per heavy atom. The van der Waals surface area contributed by atoms with E-state index in [9.17, 15) is 9.90 Å². The summed E-state index contributed by atoms with van der Waals surface area (Å²) >= 11 is 0. The second kappa shape index (κ2) is 5.36. The van der Waals surface area contributed by atoms with Crippen molar-refractivity contribution in [1.29, 1.82) is 0 Å². The maximum atomic E-state index is 10.5. The minimum absolute atomic E-state index is 0.353. The molecule has 0 heterocycles. The van der Waals surface area contributed by atoms with Gasteiger partial charge in [0.15, 0.2) is 6.10 Å². The first-order valence-electron chi connectivity index (χ1n) is 4.78. The topological polar surface area (TPSA) is 66.8 Å². The van der Waals surface area contributed by atoms with E-state index in [4.69, 9.17) is 9.84 Å². The van der Waals surface area contributed by atoms with Crippen molar-refractivity contribution >= 4 is 5.97 Å². The van der Waals surface area contributed by atoms with Gasteiger partial charge in [0.2, 0.25) is 0 Å². The highest BCUT2D eigenvalue weighted by Gasteiger charge is 2.15. The third-order valence-electron chi connectivity index (χ3n) is 1.90. The first kappa shape index (κ1) is 11.5. The number of ether oxygens (including phenoxy) is 1. The van der Waals surface area contributed by atoms with Crippen LogP contribution in [0.5, 0.6) is 5.75 Å². The molecular weight excluding hydrogens is 196 g/mol. The Kier molecular flexibility index (Phi) is 4.12. The van der Waals surface area contributed by atoms with Gasteiger partial charge in [-0.3, -0.25) is 0 Å². The Hall–Kier alpha value is -1.55. The number of rotatable bonds is 5. The van der Waals surface area contributed by atoms with Crippen LogP contribution in [0.1, 0.15) is 25.0 Å². The number of carbonyl (C=O) groups is 1. The van der Waals surface area contributed by atoms with Crippen LogP contribution in [-0.4, -0.2) is 22.8 Å². The molecule has 0 fully saturated rings. The lowest BCUT2D eigenvalue weighted by Crippen LogP contribution is -2.10. The Labute approximate surface area is 88.1 Å². The lowest BCUT2D eigenvalue weighted by Gasteiger charge is -2.07. The van der Waals surface area contributed by atoms with Crippen LogP contribution in [0.25, 0.3) is 0 Å². The van der Waals surface area contributed by atoms with Crippen LogP contribution in [0.4, 0.5) is 0 Å². The molecule has 0 saturated carbocycles. The molecule has 0 saturated heterocycles. The van der Waals surface area contributed by atoms with E-state index >= 15 is 0 Å². The van der Waals surface area contributed by atoms with Crippen molar-refractivity contribution < 1.29 is 19.7 Å². The minimum Gasteiger partial charge on any atom is -0.494 e. The number of aliphatic hydroxyl groups is 1. The van der Waals surface area contributed by atoms with Crippen LogP contribution in [0.2, 0.25) is 0 Å². The average Bonchev–Trinajstić information content (AvgIpc) is 2.26. The largest absolute Gasteiger partial charge is 0.494 e. The smallest absolute Gasteiger partial charge is 0.337 e. The second-order valence-electron chi connectivity index (χ2n) is 3.16. The fraction of sp³-hybridized carbons (Fsp3) is 0.364. The number of hydrogen-bond acceptors (Lipinski definition) is 3. The third kappa shape index (κ3) is 3.25. The summed E-state index contributed by atoms with van der Waals surface area (Å²) in [6, 6.07) is 6.39. The monoisotopic (exact) mass is 210 g/mol. The normalized spacial score (nSPS) is 12.1. The zero-order valence-electron chi connectivity index (χ0n) is 8.51. The molecule has 0 aliphatic heterocycles. The van der Waals surface area contributed by atoms with Crippen LogP contribution in [0.3, 0.4) is 0 Å². The fourth-order valence-electron chi connectivity index (χ4n) is 1.11. The van der Waals surface area contributed by atoms with E-state index in [-0.39, 0.29) is 0 Å². The predicted octanol–water partition coefficient (Wildman–Crippen LogP) is 1.59. The number of carboxylic acids is 1. The van der Waals surface area contributed by atoms with E-state index in [1.165, 1.54) is 0 Å². The van der Waals surface area contributed by atoms with Crippen molar-refractivity contribution in [2.45, 2.75) is 19.4 Å². The SMILES string of the molecule is CCCOc1ccc([C@@H](O)C(=O)O)cc1. The lowest BCUT2D eigenvalue weighted by molar-refractivity contribution is -0.146. The molecule has 1 aromatic rings. The molecule has 0 aliphatic rings. The van der Waals surface area contributed by atoms with Gasteiger partial charge in [0.25, 0.3) is 0 Å². The predicted molar refractivity (Wildman–Crippen MR) is 54.8 cm³/mol. The molecule has 1 atom stereocenters. The van der Waals surface area contributed by atoms with Gasteiger partial charge in [-0.1, -0.05) is 19.1 Å². The second-order valence-corrected chi connectivity index (χ2v) is 3.16. The highest BCUT2D eigenvalue weighted by atomic mass is 16.5. The van der Waals surface area contributed by atoms with Gasteiger partial charge in [-0.2, -0.15) is 0 Å². The minimum atomic E-state index is -1.47. The Morgan fingerprint density at radius 3 is 2.47 bits per heavy atom. The molecule has 1 aromatic carbocycles. The molecule has 2 N–H and O–H groups in total. The van der Waals surface area contributed by atoms with Gasteiger partial charge in [0.05, 0.1) is 6.61 Å². The summed E-state index contributed by atoms with van der Waals surface area (Å²) in [4.78, 5) is 10.5. The van der Waals surface area contributed by atoms with Crippen molar-refractivity contribution in [3.05, 3.63) is 29.8 Å². The summed E-state index contributed by atoms with van der Waals surface area (Å²) in [6.07, 6.45) is -0.551. The van der Waals surface area contributed by atoms with Crippen molar-refractivity contribution in [1.82, 2.24) is 0 Å². The van der Waals surface area contributed by atoms with Crippen LogP contribution >= 0.6 is 0 Å². The fourth-order valence-corrected chi connectivity index (χ4v) is 1.11.